The molecular weight excluding hydrogens is 226 g/mol. The zero-order valence-electron chi connectivity index (χ0n) is 7.40. The number of alkyl halides is 1. The molecule has 1 aromatic carbocycles. The molecule has 4 heteroatoms. The highest BCUT2D eigenvalue weighted by molar-refractivity contribution is 6.30. The first-order valence-electron chi connectivity index (χ1n) is 3.94. The van der Waals surface area contributed by atoms with Crippen LogP contribution < -0.4 is 4.74 Å². The van der Waals surface area contributed by atoms with Gasteiger partial charge in [0, 0.05) is 11.9 Å². The van der Waals surface area contributed by atoms with Crippen LogP contribution in [-0.2, 0) is 0 Å². The van der Waals surface area contributed by atoms with Crippen LogP contribution in [0.25, 0.3) is 0 Å². The summed E-state index contributed by atoms with van der Waals surface area (Å²) in [7, 11) is 0. The van der Waals surface area contributed by atoms with Crippen molar-refractivity contribution in [2.45, 2.75) is 0 Å². The molecule has 0 amide bonds. The summed E-state index contributed by atoms with van der Waals surface area (Å²) in [6.07, 6.45) is 0. The molecule has 1 aromatic rings. The molecular formula is C10H9Cl2FO. The second kappa shape index (κ2) is 5.23. The summed E-state index contributed by atoms with van der Waals surface area (Å²) < 4.78 is 18.1. The van der Waals surface area contributed by atoms with E-state index in [9.17, 15) is 4.39 Å². The molecule has 14 heavy (non-hydrogen) atoms. The van der Waals surface area contributed by atoms with Crippen LogP contribution in [0.5, 0.6) is 5.75 Å². The van der Waals surface area contributed by atoms with E-state index in [0.29, 0.717) is 11.6 Å². The molecule has 0 spiro atoms. The lowest BCUT2D eigenvalue weighted by molar-refractivity contribution is 0.351. The summed E-state index contributed by atoms with van der Waals surface area (Å²) >= 11 is 11.0. The maximum atomic E-state index is 12.9. The van der Waals surface area contributed by atoms with Gasteiger partial charge in [0.2, 0.25) is 0 Å². The summed E-state index contributed by atoms with van der Waals surface area (Å²) in [5, 5.41) is 0.0773. The van der Waals surface area contributed by atoms with Crippen LogP contribution in [0.15, 0.2) is 30.4 Å². The summed E-state index contributed by atoms with van der Waals surface area (Å²) in [4.78, 5) is 0. The molecule has 0 aliphatic heterocycles. The molecule has 0 aliphatic carbocycles. The normalized spacial score (nSPS) is 9.93. The molecule has 0 bridgehead atoms. The minimum atomic E-state index is -0.499. The number of hydrogen-bond acceptors (Lipinski definition) is 1. The molecule has 0 saturated heterocycles. The zero-order valence-corrected chi connectivity index (χ0v) is 8.91. The van der Waals surface area contributed by atoms with Gasteiger partial charge in [0.25, 0.3) is 0 Å². The highest BCUT2D eigenvalue weighted by Gasteiger charge is 2.01. The Labute approximate surface area is 92.1 Å². The minimum Gasteiger partial charge on any atom is -0.489 e. The molecule has 0 aliphatic rings. The van der Waals surface area contributed by atoms with Crippen LogP contribution in [0.4, 0.5) is 4.39 Å². The van der Waals surface area contributed by atoms with Gasteiger partial charge in [-0.1, -0.05) is 18.2 Å². The molecule has 0 saturated carbocycles. The van der Waals surface area contributed by atoms with Gasteiger partial charge in [-0.25, -0.2) is 4.39 Å². The predicted octanol–water partition coefficient (Wildman–Crippen LogP) is 3.65. The van der Waals surface area contributed by atoms with Crippen molar-refractivity contribution in [3.63, 3.8) is 0 Å². The third-order valence-electron chi connectivity index (χ3n) is 1.52. The first kappa shape index (κ1) is 11.3. The van der Waals surface area contributed by atoms with Crippen LogP contribution in [0, 0.1) is 5.82 Å². The van der Waals surface area contributed by atoms with Crippen molar-refractivity contribution in [1.29, 1.82) is 0 Å². The van der Waals surface area contributed by atoms with Gasteiger partial charge in [-0.2, -0.15) is 0 Å². The fraction of sp³-hybridized carbons (Fsp3) is 0.200. The summed E-state index contributed by atoms with van der Waals surface area (Å²) in [6, 6.07) is 4.26. The zero-order chi connectivity index (χ0) is 10.6. The van der Waals surface area contributed by atoms with Crippen molar-refractivity contribution in [2.75, 3.05) is 12.5 Å². The second-order valence-electron chi connectivity index (χ2n) is 2.75. The van der Waals surface area contributed by atoms with Crippen molar-refractivity contribution in [1.82, 2.24) is 0 Å². The lowest BCUT2D eigenvalue weighted by atomic mass is 10.3. The van der Waals surface area contributed by atoms with E-state index < -0.39 is 5.82 Å². The van der Waals surface area contributed by atoms with Crippen LogP contribution >= 0.6 is 23.2 Å². The Kier molecular flexibility index (Phi) is 4.23. The van der Waals surface area contributed by atoms with Gasteiger partial charge in [0.05, 0.1) is 5.02 Å². The first-order chi connectivity index (χ1) is 6.63. The molecule has 0 atom stereocenters. The lowest BCUT2D eigenvalue weighted by Crippen LogP contribution is -2.01. The topological polar surface area (TPSA) is 9.23 Å². The fourth-order valence-corrected chi connectivity index (χ4v) is 0.985. The Bertz CT molecular complexity index is 339. The number of benzene rings is 1. The molecule has 0 aromatic heterocycles. The summed E-state index contributed by atoms with van der Waals surface area (Å²) in [5.74, 6) is 0.245. The van der Waals surface area contributed by atoms with Crippen molar-refractivity contribution in [3.8, 4) is 5.75 Å². The van der Waals surface area contributed by atoms with Crippen LogP contribution in [-0.4, -0.2) is 12.5 Å². The highest BCUT2D eigenvalue weighted by Crippen LogP contribution is 2.20. The van der Waals surface area contributed by atoms with Crippen molar-refractivity contribution in [3.05, 3.63) is 41.2 Å². The first-order valence-corrected chi connectivity index (χ1v) is 4.85. The van der Waals surface area contributed by atoms with Crippen molar-refractivity contribution < 1.29 is 9.13 Å². The van der Waals surface area contributed by atoms with Crippen molar-refractivity contribution >= 4 is 23.2 Å². The van der Waals surface area contributed by atoms with Gasteiger partial charge in [0.15, 0.2) is 0 Å². The van der Waals surface area contributed by atoms with Gasteiger partial charge in [-0.05, 0) is 17.7 Å². The molecule has 0 N–H and O–H groups in total. The second-order valence-corrected chi connectivity index (χ2v) is 3.42. The van der Waals surface area contributed by atoms with E-state index in [1.165, 1.54) is 12.1 Å². The largest absolute Gasteiger partial charge is 0.489 e. The SMILES string of the molecule is C=C(CCl)COc1ccc(Cl)c(F)c1. The molecule has 1 nitrogen and oxygen atoms in total. The molecule has 76 valence electrons. The fourth-order valence-electron chi connectivity index (χ4n) is 0.791. The minimum absolute atomic E-state index is 0.0773. The molecule has 0 heterocycles. The Morgan fingerprint density at radius 2 is 2.21 bits per heavy atom. The van der Waals surface area contributed by atoms with Gasteiger partial charge in [0.1, 0.15) is 18.2 Å². The highest BCUT2D eigenvalue weighted by atomic mass is 35.5. The average Bonchev–Trinajstić information content (AvgIpc) is 2.19. The Hall–Kier alpha value is -0.730. The molecule has 0 unspecified atom stereocenters. The average molecular weight is 235 g/mol. The Morgan fingerprint density at radius 1 is 1.50 bits per heavy atom. The van der Waals surface area contributed by atoms with Gasteiger partial charge >= 0.3 is 0 Å². The Morgan fingerprint density at radius 3 is 2.79 bits per heavy atom. The third-order valence-corrected chi connectivity index (χ3v) is 2.21. The standard InChI is InChI=1S/C10H9Cl2FO/c1-7(5-11)6-14-8-2-3-9(12)10(13)4-8/h2-4H,1,5-6H2. The lowest BCUT2D eigenvalue weighted by Gasteiger charge is -2.06. The monoisotopic (exact) mass is 234 g/mol. The number of hydrogen-bond donors (Lipinski definition) is 0. The summed E-state index contributed by atoms with van der Waals surface area (Å²) in [6.45, 7) is 3.93. The molecule has 1 rings (SSSR count). The van der Waals surface area contributed by atoms with E-state index in [0.717, 1.165) is 5.57 Å². The number of rotatable bonds is 4. The molecule has 0 fully saturated rings. The van der Waals surface area contributed by atoms with Gasteiger partial charge in [-0.15, -0.1) is 11.6 Å². The van der Waals surface area contributed by atoms with Gasteiger partial charge < -0.3 is 4.74 Å². The van der Waals surface area contributed by atoms with Crippen molar-refractivity contribution in [2.24, 2.45) is 0 Å². The van der Waals surface area contributed by atoms with E-state index in [1.807, 2.05) is 0 Å². The third kappa shape index (κ3) is 3.20. The van der Waals surface area contributed by atoms with E-state index in [-0.39, 0.29) is 11.6 Å². The smallest absolute Gasteiger partial charge is 0.145 e. The van der Waals surface area contributed by atoms with Crippen LogP contribution in [0.2, 0.25) is 5.02 Å². The van der Waals surface area contributed by atoms with E-state index in [2.05, 4.69) is 6.58 Å². The summed E-state index contributed by atoms with van der Waals surface area (Å²) in [5.41, 5.74) is 0.738. The number of ether oxygens (including phenoxy) is 1. The molecule has 0 radical (unpaired) electrons. The van der Waals surface area contributed by atoms with Crippen LogP contribution in [0.3, 0.4) is 0 Å². The van der Waals surface area contributed by atoms with Gasteiger partial charge in [-0.3, -0.25) is 0 Å². The van der Waals surface area contributed by atoms with E-state index in [4.69, 9.17) is 27.9 Å². The van der Waals surface area contributed by atoms with E-state index >= 15 is 0 Å². The Balaban J connectivity index is 2.60. The predicted molar refractivity (Wildman–Crippen MR) is 56.8 cm³/mol. The quantitative estimate of drug-likeness (QED) is 0.571. The van der Waals surface area contributed by atoms with Crippen LogP contribution in [0.1, 0.15) is 0 Å². The maximum Gasteiger partial charge on any atom is 0.145 e. The number of halogens is 3. The maximum absolute atomic E-state index is 12.9. The van der Waals surface area contributed by atoms with E-state index in [1.54, 1.807) is 6.07 Å².